The van der Waals surface area contributed by atoms with Gasteiger partial charge in [0.25, 0.3) is 0 Å². The SMILES string of the molecule is Cc1nc(N2CCC(C(=O)NC3CCOCC3)CC2)cnc1Sc1cccc(Cl)c1Cl. The van der Waals surface area contributed by atoms with E-state index in [9.17, 15) is 4.79 Å². The molecular formula is C22H26Cl2N4O2S. The van der Waals surface area contributed by atoms with Gasteiger partial charge in [-0.1, -0.05) is 41.0 Å². The molecule has 0 atom stereocenters. The van der Waals surface area contributed by atoms with Crippen molar-refractivity contribution >= 4 is 46.7 Å². The highest BCUT2D eigenvalue weighted by Crippen LogP contribution is 2.37. The second-order valence-corrected chi connectivity index (χ2v) is 9.75. The van der Waals surface area contributed by atoms with E-state index in [0.29, 0.717) is 10.0 Å². The number of benzene rings is 1. The Labute approximate surface area is 197 Å². The summed E-state index contributed by atoms with van der Waals surface area (Å²) < 4.78 is 5.37. The van der Waals surface area contributed by atoms with Gasteiger partial charge in [0.15, 0.2) is 0 Å². The van der Waals surface area contributed by atoms with E-state index in [4.69, 9.17) is 32.9 Å². The number of carbonyl (C=O) groups is 1. The molecule has 2 aliphatic heterocycles. The van der Waals surface area contributed by atoms with E-state index in [2.05, 4.69) is 15.2 Å². The Bertz CT molecular complexity index is 932. The summed E-state index contributed by atoms with van der Waals surface area (Å²) in [6, 6.07) is 5.81. The summed E-state index contributed by atoms with van der Waals surface area (Å²) in [4.78, 5) is 25.1. The van der Waals surface area contributed by atoms with Crippen molar-refractivity contribution in [2.45, 2.75) is 48.6 Å². The normalized spacial score (nSPS) is 18.2. The Kier molecular flexibility index (Phi) is 7.59. The van der Waals surface area contributed by atoms with Gasteiger partial charge in [0.2, 0.25) is 5.91 Å². The lowest BCUT2D eigenvalue weighted by Gasteiger charge is -2.33. The summed E-state index contributed by atoms with van der Waals surface area (Å²) in [5.41, 5.74) is 0.845. The fourth-order valence-electron chi connectivity index (χ4n) is 3.91. The number of nitrogens with one attached hydrogen (secondary N) is 1. The zero-order chi connectivity index (χ0) is 21.8. The Balaban J connectivity index is 1.34. The molecule has 4 rings (SSSR count). The van der Waals surface area contributed by atoms with Gasteiger partial charge in [0.05, 0.1) is 21.9 Å². The van der Waals surface area contributed by atoms with Gasteiger partial charge < -0.3 is 15.0 Å². The van der Waals surface area contributed by atoms with Crippen molar-refractivity contribution < 1.29 is 9.53 Å². The number of amides is 1. The number of halogens is 2. The smallest absolute Gasteiger partial charge is 0.223 e. The van der Waals surface area contributed by atoms with Crippen LogP contribution in [0.1, 0.15) is 31.4 Å². The third kappa shape index (κ3) is 5.64. The van der Waals surface area contributed by atoms with Gasteiger partial charge in [-0.05, 0) is 44.7 Å². The van der Waals surface area contributed by atoms with Crippen LogP contribution >= 0.6 is 35.0 Å². The average molecular weight is 481 g/mol. The van der Waals surface area contributed by atoms with Crippen molar-refractivity contribution in [1.29, 1.82) is 0 Å². The minimum Gasteiger partial charge on any atom is -0.381 e. The van der Waals surface area contributed by atoms with E-state index < -0.39 is 0 Å². The summed E-state index contributed by atoms with van der Waals surface area (Å²) in [6.45, 7) is 5.02. The van der Waals surface area contributed by atoms with E-state index in [1.807, 2.05) is 19.1 Å². The summed E-state index contributed by atoms with van der Waals surface area (Å²) >= 11 is 13.9. The molecule has 2 aromatic rings. The standard InChI is InChI=1S/C22H26Cl2N4O2S/c1-14-22(31-18-4-2-3-17(23)20(18)24)25-13-19(26-14)28-9-5-15(6-10-28)21(29)27-16-7-11-30-12-8-16/h2-4,13,15-16H,5-12H2,1H3,(H,27,29). The van der Waals surface area contributed by atoms with Crippen LogP contribution in [0.15, 0.2) is 34.3 Å². The third-order valence-electron chi connectivity index (χ3n) is 5.77. The number of hydrogen-bond acceptors (Lipinski definition) is 6. The van der Waals surface area contributed by atoms with Gasteiger partial charge in [0, 0.05) is 43.2 Å². The van der Waals surface area contributed by atoms with Crippen molar-refractivity contribution in [3.05, 3.63) is 40.1 Å². The summed E-state index contributed by atoms with van der Waals surface area (Å²) in [5.74, 6) is 1.09. The molecule has 6 nitrogen and oxygen atoms in total. The van der Waals surface area contributed by atoms with Crippen LogP contribution in [0.25, 0.3) is 0 Å². The molecule has 0 radical (unpaired) electrons. The number of rotatable bonds is 5. The lowest BCUT2D eigenvalue weighted by atomic mass is 9.95. The van der Waals surface area contributed by atoms with E-state index in [1.165, 1.54) is 11.8 Å². The lowest BCUT2D eigenvalue weighted by Crippen LogP contribution is -2.45. The van der Waals surface area contributed by atoms with Crippen molar-refractivity contribution in [2.75, 3.05) is 31.2 Å². The van der Waals surface area contributed by atoms with Crippen LogP contribution in [0.4, 0.5) is 5.82 Å². The van der Waals surface area contributed by atoms with Gasteiger partial charge in [-0.2, -0.15) is 0 Å². The molecule has 3 heterocycles. The number of hydrogen-bond donors (Lipinski definition) is 1. The molecule has 0 saturated carbocycles. The van der Waals surface area contributed by atoms with Crippen molar-refractivity contribution in [3.63, 3.8) is 0 Å². The Morgan fingerprint density at radius 3 is 2.65 bits per heavy atom. The molecule has 2 saturated heterocycles. The maximum Gasteiger partial charge on any atom is 0.223 e. The topological polar surface area (TPSA) is 67.4 Å². The number of nitrogens with zero attached hydrogens (tertiary/aromatic N) is 3. The molecule has 0 bridgehead atoms. The van der Waals surface area contributed by atoms with Crippen LogP contribution in [0.5, 0.6) is 0 Å². The van der Waals surface area contributed by atoms with Gasteiger partial charge in [-0.25, -0.2) is 9.97 Å². The quantitative estimate of drug-likeness (QED) is 0.665. The molecule has 2 aliphatic rings. The first-order valence-corrected chi connectivity index (χ1v) is 12.2. The largest absolute Gasteiger partial charge is 0.381 e. The fraction of sp³-hybridized carbons (Fsp3) is 0.500. The van der Waals surface area contributed by atoms with E-state index in [1.54, 1.807) is 12.3 Å². The summed E-state index contributed by atoms with van der Waals surface area (Å²) in [7, 11) is 0. The molecule has 1 N–H and O–H groups in total. The molecular weight excluding hydrogens is 455 g/mol. The second kappa shape index (κ2) is 10.4. The Morgan fingerprint density at radius 1 is 1.19 bits per heavy atom. The van der Waals surface area contributed by atoms with Crippen molar-refractivity contribution in [2.24, 2.45) is 5.92 Å². The average Bonchev–Trinajstić information content (AvgIpc) is 2.79. The number of carbonyl (C=O) groups excluding carboxylic acids is 1. The highest BCUT2D eigenvalue weighted by atomic mass is 35.5. The number of aryl methyl sites for hydroxylation is 1. The molecule has 2 fully saturated rings. The molecule has 31 heavy (non-hydrogen) atoms. The maximum absolute atomic E-state index is 12.6. The molecule has 0 aliphatic carbocycles. The predicted molar refractivity (Wildman–Crippen MR) is 124 cm³/mol. The van der Waals surface area contributed by atoms with Crippen molar-refractivity contribution in [1.82, 2.24) is 15.3 Å². The Morgan fingerprint density at radius 2 is 1.94 bits per heavy atom. The molecule has 0 spiro atoms. The zero-order valence-corrected chi connectivity index (χ0v) is 19.8. The van der Waals surface area contributed by atoms with E-state index >= 15 is 0 Å². The highest BCUT2D eigenvalue weighted by Gasteiger charge is 2.28. The monoisotopic (exact) mass is 480 g/mol. The van der Waals surface area contributed by atoms with Crippen LogP contribution in [-0.2, 0) is 9.53 Å². The first-order valence-electron chi connectivity index (χ1n) is 10.6. The molecule has 1 aromatic carbocycles. The number of ether oxygens (including phenoxy) is 1. The maximum atomic E-state index is 12.6. The molecule has 0 unspecified atom stereocenters. The molecule has 9 heteroatoms. The zero-order valence-electron chi connectivity index (χ0n) is 17.4. The minimum absolute atomic E-state index is 0.0629. The lowest BCUT2D eigenvalue weighted by molar-refractivity contribution is -0.126. The third-order valence-corrected chi connectivity index (χ3v) is 7.85. The summed E-state index contributed by atoms with van der Waals surface area (Å²) in [6.07, 6.45) is 5.26. The van der Waals surface area contributed by atoms with Gasteiger partial charge in [0.1, 0.15) is 10.8 Å². The molecule has 166 valence electrons. The van der Waals surface area contributed by atoms with Gasteiger partial charge in [-0.15, -0.1) is 0 Å². The predicted octanol–water partition coefficient (Wildman–Crippen LogP) is 4.75. The van der Waals surface area contributed by atoms with Crippen molar-refractivity contribution in [3.8, 4) is 0 Å². The second-order valence-electron chi connectivity index (χ2n) is 7.93. The van der Waals surface area contributed by atoms with Crippen LogP contribution in [0.2, 0.25) is 10.0 Å². The number of aromatic nitrogens is 2. The number of piperidine rings is 1. The van der Waals surface area contributed by atoms with Gasteiger partial charge >= 0.3 is 0 Å². The number of anilines is 1. The van der Waals surface area contributed by atoms with Crippen LogP contribution in [-0.4, -0.2) is 48.2 Å². The summed E-state index contributed by atoms with van der Waals surface area (Å²) in [5, 5.41) is 5.06. The van der Waals surface area contributed by atoms with Crippen LogP contribution < -0.4 is 10.2 Å². The van der Waals surface area contributed by atoms with Gasteiger partial charge in [-0.3, -0.25) is 4.79 Å². The first-order chi connectivity index (χ1) is 15.0. The minimum atomic E-state index is 0.0629. The fourth-order valence-corrected chi connectivity index (χ4v) is 5.24. The van der Waals surface area contributed by atoms with E-state index in [0.717, 1.165) is 73.4 Å². The highest BCUT2D eigenvalue weighted by molar-refractivity contribution is 7.99. The van der Waals surface area contributed by atoms with Crippen LogP contribution in [0, 0.1) is 12.8 Å². The first kappa shape index (κ1) is 22.6. The molecule has 1 amide bonds. The Hall–Kier alpha value is -1.54. The van der Waals surface area contributed by atoms with Crippen LogP contribution in [0.3, 0.4) is 0 Å². The van der Waals surface area contributed by atoms with E-state index in [-0.39, 0.29) is 17.9 Å². The molecule has 1 aromatic heterocycles.